The fourth-order valence-corrected chi connectivity index (χ4v) is 4.70. The lowest BCUT2D eigenvalue weighted by atomic mass is 9.86. The Morgan fingerprint density at radius 2 is 1.83 bits per heavy atom. The Balaban J connectivity index is 1.47. The average Bonchev–Trinajstić information content (AvgIpc) is 2.97. The van der Waals surface area contributed by atoms with Gasteiger partial charge in [-0.25, -0.2) is 4.79 Å². The van der Waals surface area contributed by atoms with E-state index in [1.165, 1.54) is 6.20 Å². The number of hydrogen-bond donors (Lipinski definition) is 1. The number of nitrogens with one attached hydrogen (secondary N) is 1. The number of carbonyl (C=O) groups is 1. The van der Waals surface area contributed by atoms with Crippen LogP contribution < -0.4 is 5.32 Å². The van der Waals surface area contributed by atoms with E-state index in [0.29, 0.717) is 5.69 Å². The molecule has 1 aliphatic heterocycles. The molecule has 8 nitrogen and oxygen atoms in total. The molecule has 0 spiro atoms. The van der Waals surface area contributed by atoms with Crippen molar-refractivity contribution in [3.63, 3.8) is 0 Å². The minimum Gasteiger partial charge on any atom is -0.441 e. The van der Waals surface area contributed by atoms with Crippen molar-refractivity contribution in [3.05, 3.63) is 64.3 Å². The summed E-state index contributed by atoms with van der Waals surface area (Å²) in [6, 6.07) is 13.4. The van der Waals surface area contributed by atoms with E-state index in [0.717, 1.165) is 31.2 Å². The van der Waals surface area contributed by atoms with Crippen LogP contribution in [0.1, 0.15) is 51.1 Å². The molecule has 0 unspecified atom stereocenters. The Morgan fingerprint density at radius 1 is 1.13 bits per heavy atom. The molecule has 1 N–H and O–H groups in total. The first-order chi connectivity index (χ1) is 14.4. The second-order valence-electron chi connectivity index (χ2n) is 8.47. The SMILES string of the molecule is CC1(C)OC(=O)N(C2CCC(Nc3cccnc3[N+](=O)[O-])CC2)[C@H]1c1ccccc1. The molecule has 0 radical (unpaired) electrons. The van der Waals surface area contributed by atoms with Crippen LogP contribution in [0.25, 0.3) is 0 Å². The summed E-state index contributed by atoms with van der Waals surface area (Å²) in [5.41, 5.74) is 0.901. The second-order valence-corrected chi connectivity index (χ2v) is 8.47. The van der Waals surface area contributed by atoms with E-state index in [4.69, 9.17) is 4.74 Å². The summed E-state index contributed by atoms with van der Waals surface area (Å²) in [5, 5.41) is 14.5. The van der Waals surface area contributed by atoms with Gasteiger partial charge in [-0.15, -0.1) is 0 Å². The van der Waals surface area contributed by atoms with Gasteiger partial charge in [-0.3, -0.25) is 4.90 Å². The average molecular weight is 410 g/mol. The molecule has 1 aromatic heterocycles. The van der Waals surface area contributed by atoms with E-state index in [9.17, 15) is 14.9 Å². The number of ether oxygens (including phenoxy) is 1. The highest BCUT2D eigenvalue weighted by molar-refractivity contribution is 5.72. The van der Waals surface area contributed by atoms with Crippen molar-refractivity contribution in [2.24, 2.45) is 0 Å². The van der Waals surface area contributed by atoms with Crippen LogP contribution in [0.15, 0.2) is 48.7 Å². The summed E-state index contributed by atoms with van der Waals surface area (Å²) in [6.45, 7) is 3.91. The molecule has 2 fully saturated rings. The van der Waals surface area contributed by atoms with E-state index in [1.54, 1.807) is 12.1 Å². The van der Waals surface area contributed by atoms with Gasteiger partial charge < -0.3 is 20.2 Å². The lowest BCUT2D eigenvalue weighted by Crippen LogP contribution is -2.44. The monoisotopic (exact) mass is 410 g/mol. The zero-order valence-electron chi connectivity index (χ0n) is 17.2. The Morgan fingerprint density at radius 3 is 2.50 bits per heavy atom. The fraction of sp³-hybridized carbons (Fsp3) is 0.455. The second kappa shape index (κ2) is 7.93. The molecular weight excluding hydrogens is 384 g/mol. The number of rotatable bonds is 5. The number of carbonyl (C=O) groups excluding carboxylic acids is 1. The molecule has 158 valence electrons. The zero-order chi connectivity index (χ0) is 21.3. The predicted molar refractivity (Wildman–Crippen MR) is 112 cm³/mol. The van der Waals surface area contributed by atoms with Crippen LogP contribution in [0, 0.1) is 10.1 Å². The largest absolute Gasteiger partial charge is 0.441 e. The third-order valence-corrected chi connectivity index (χ3v) is 6.02. The van der Waals surface area contributed by atoms with Gasteiger partial charge >= 0.3 is 11.9 Å². The first-order valence-electron chi connectivity index (χ1n) is 10.3. The van der Waals surface area contributed by atoms with Gasteiger partial charge in [0.1, 0.15) is 17.5 Å². The van der Waals surface area contributed by atoms with Crippen LogP contribution >= 0.6 is 0 Å². The van der Waals surface area contributed by atoms with Crippen molar-refractivity contribution in [1.82, 2.24) is 9.88 Å². The Hall–Kier alpha value is -3.16. The van der Waals surface area contributed by atoms with Gasteiger partial charge in [0.05, 0.1) is 6.04 Å². The van der Waals surface area contributed by atoms with Crippen molar-refractivity contribution in [3.8, 4) is 0 Å². The van der Waals surface area contributed by atoms with Crippen LogP contribution in [0.3, 0.4) is 0 Å². The van der Waals surface area contributed by atoms with E-state index in [1.807, 2.05) is 49.1 Å². The highest BCUT2D eigenvalue weighted by Crippen LogP contribution is 2.44. The number of hydrogen-bond acceptors (Lipinski definition) is 6. The Kier molecular flexibility index (Phi) is 5.32. The van der Waals surface area contributed by atoms with Crippen molar-refractivity contribution >= 4 is 17.6 Å². The number of benzene rings is 1. The van der Waals surface area contributed by atoms with Crippen LogP contribution in [0.5, 0.6) is 0 Å². The molecule has 0 bridgehead atoms. The van der Waals surface area contributed by atoms with Crippen LogP contribution in [0.2, 0.25) is 0 Å². The van der Waals surface area contributed by atoms with E-state index < -0.39 is 10.5 Å². The van der Waals surface area contributed by atoms with E-state index >= 15 is 0 Å². The number of anilines is 1. The van der Waals surface area contributed by atoms with Gasteiger partial charge in [0.2, 0.25) is 0 Å². The topological polar surface area (TPSA) is 97.6 Å². The van der Waals surface area contributed by atoms with Crippen molar-refractivity contribution in [2.45, 2.75) is 63.3 Å². The van der Waals surface area contributed by atoms with E-state index in [2.05, 4.69) is 10.3 Å². The number of cyclic esters (lactones) is 1. The highest BCUT2D eigenvalue weighted by Gasteiger charge is 2.51. The molecule has 1 aromatic carbocycles. The standard InChI is InChI=1S/C22H26N4O4/c1-22(2)19(15-7-4-3-5-8-15)25(21(27)30-22)17-12-10-16(11-13-17)24-18-9-6-14-23-20(18)26(28)29/h3-9,14,16-17,19,24H,10-13H2,1-2H3/t16?,17?,19-/m0/s1. The van der Waals surface area contributed by atoms with Crippen LogP contribution in [-0.4, -0.2) is 38.6 Å². The first-order valence-corrected chi connectivity index (χ1v) is 10.3. The molecule has 8 heteroatoms. The molecule has 1 atom stereocenters. The number of nitrogens with zero attached hydrogens (tertiary/aromatic N) is 3. The Labute approximate surface area is 175 Å². The van der Waals surface area contributed by atoms with E-state index in [-0.39, 0.29) is 30.0 Å². The number of amides is 1. The molecule has 1 aliphatic carbocycles. The third-order valence-electron chi connectivity index (χ3n) is 6.02. The van der Waals surface area contributed by atoms with Gasteiger partial charge in [0, 0.05) is 12.1 Å². The zero-order valence-corrected chi connectivity index (χ0v) is 17.2. The smallest absolute Gasteiger partial charge is 0.411 e. The molecule has 4 rings (SSSR count). The summed E-state index contributed by atoms with van der Waals surface area (Å²) in [5.74, 6) is -0.159. The minimum absolute atomic E-state index is 0.0754. The van der Waals surface area contributed by atoms with Gasteiger partial charge in [0.25, 0.3) is 0 Å². The molecule has 2 aromatic rings. The fourth-order valence-electron chi connectivity index (χ4n) is 4.70. The molecular formula is C22H26N4O4. The number of nitro groups is 1. The molecule has 2 aliphatic rings. The number of pyridine rings is 1. The molecule has 1 amide bonds. The molecule has 2 heterocycles. The first kappa shape index (κ1) is 20.1. The summed E-state index contributed by atoms with van der Waals surface area (Å²) in [4.78, 5) is 29.3. The lowest BCUT2D eigenvalue weighted by Gasteiger charge is -2.38. The van der Waals surface area contributed by atoms with Crippen molar-refractivity contribution in [1.29, 1.82) is 0 Å². The maximum atomic E-state index is 12.8. The Bertz CT molecular complexity index is 926. The summed E-state index contributed by atoms with van der Waals surface area (Å²) in [7, 11) is 0. The van der Waals surface area contributed by atoms with Crippen LogP contribution in [-0.2, 0) is 4.74 Å². The summed E-state index contributed by atoms with van der Waals surface area (Å²) >= 11 is 0. The normalized spacial score (nSPS) is 25.6. The number of aromatic nitrogens is 1. The van der Waals surface area contributed by atoms with Gasteiger partial charge in [-0.05, 0) is 67.1 Å². The van der Waals surface area contributed by atoms with Gasteiger partial charge in [-0.2, -0.15) is 0 Å². The molecule has 30 heavy (non-hydrogen) atoms. The highest BCUT2D eigenvalue weighted by atomic mass is 16.6. The lowest BCUT2D eigenvalue weighted by molar-refractivity contribution is -0.388. The molecule has 1 saturated carbocycles. The van der Waals surface area contributed by atoms with Crippen molar-refractivity contribution < 1.29 is 14.5 Å². The predicted octanol–water partition coefficient (Wildman–Crippen LogP) is 4.69. The maximum absolute atomic E-state index is 12.8. The van der Waals surface area contributed by atoms with Crippen molar-refractivity contribution in [2.75, 3.05) is 5.32 Å². The molecule has 1 saturated heterocycles. The third kappa shape index (κ3) is 3.81. The quantitative estimate of drug-likeness (QED) is 0.567. The van der Waals surface area contributed by atoms with Gasteiger partial charge in [-0.1, -0.05) is 30.3 Å². The van der Waals surface area contributed by atoms with Gasteiger partial charge in [0.15, 0.2) is 0 Å². The maximum Gasteiger partial charge on any atom is 0.411 e. The van der Waals surface area contributed by atoms with Crippen LogP contribution in [0.4, 0.5) is 16.3 Å². The summed E-state index contributed by atoms with van der Waals surface area (Å²) < 4.78 is 5.73. The minimum atomic E-state index is -0.607. The summed E-state index contributed by atoms with van der Waals surface area (Å²) in [6.07, 6.45) is 4.38.